The van der Waals surface area contributed by atoms with Crippen LogP contribution in [0.25, 0.3) is 0 Å². The summed E-state index contributed by atoms with van der Waals surface area (Å²) in [7, 11) is 0. The summed E-state index contributed by atoms with van der Waals surface area (Å²) in [5.41, 5.74) is 15.1. The maximum absolute atomic E-state index is 11.0. The maximum atomic E-state index is 11.0. The molecule has 486 valence electrons. The number of aliphatic hydroxyl groups excluding tert-OH is 4. The molecule has 7 aromatic rings. The standard InChI is InChI=1S/C82H110O8/c1-18-20-21-42-80(12,13)67-32-30-63(31-33-67)58(8)74-45-70(81(14,15)68-34-38-72(39-35-68)87-49-54(4)83)47-76(78(74)89-51-56(6)85)60(10)65-26-23-27-66(44-65)61(11)77-48-71(82(16,17)69-36-40-73(41-37-69)88-50-55(5)84)46-75(79(77)90-52-57(7)86)59(9)64-25-22-24-62(43-64)29-28-53(3)19-2/h22-27,30-41,43-48,53-61,83-86H,18-21,28-29,42,49-52H2,1-17H3. The van der Waals surface area contributed by atoms with Crippen molar-refractivity contribution >= 4 is 0 Å². The average molecular weight is 1220 g/mol. The second-order valence-electron chi connectivity index (χ2n) is 28.2. The van der Waals surface area contributed by atoms with Gasteiger partial charge in [0.2, 0.25) is 0 Å². The van der Waals surface area contributed by atoms with Crippen molar-refractivity contribution in [2.24, 2.45) is 5.92 Å². The Kier molecular flexibility index (Phi) is 25.1. The van der Waals surface area contributed by atoms with Crippen LogP contribution in [0.3, 0.4) is 0 Å². The molecule has 0 radical (unpaired) electrons. The van der Waals surface area contributed by atoms with Gasteiger partial charge in [0.05, 0.1) is 24.4 Å². The fraction of sp³-hybridized carbons (Fsp3) is 0.488. The lowest BCUT2D eigenvalue weighted by atomic mass is 9.73. The normalized spacial score (nSPS) is 15.3. The molecule has 8 nitrogen and oxygen atoms in total. The van der Waals surface area contributed by atoms with Crippen LogP contribution in [0.4, 0.5) is 0 Å². The zero-order chi connectivity index (χ0) is 65.7. The predicted octanol–water partition coefficient (Wildman–Crippen LogP) is 18.8. The zero-order valence-electron chi connectivity index (χ0n) is 57.8. The molecule has 0 bridgehead atoms. The van der Waals surface area contributed by atoms with Gasteiger partial charge in [-0.3, -0.25) is 0 Å². The van der Waals surface area contributed by atoms with Gasteiger partial charge in [-0.1, -0.05) is 237 Å². The third kappa shape index (κ3) is 18.2. The minimum absolute atomic E-state index is 0.0491. The zero-order valence-corrected chi connectivity index (χ0v) is 57.8. The predicted molar refractivity (Wildman–Crippen MR) is 373 cm³/mol. The molecule has 0 amide bonds. The highest BCUT2D eigenvalue weighted by Crippen LogP contribution is 2.48. The number of rotatable bonds is 33. The summed E-state index contributed by atoms with van der Waals surface area (Å²) in [5, 5.41) is 42.0. The molecule has 9 atom stereocenters. The number of unbranched alkanes of at least 4 members (excludes halogenated alkanes) is 2. The monoisotopic (exact) mass is 1220 g/mol. The van der Waals surface area contributed by atoms with E-state index in [-0.39, 0.29) is 55.5 Å². The van der Waals surface area contributed by atoms with Crippen molar-refractivity contribution in [2.75, 3.05) is 26.4 Å². The van der Waals surface area contributed by atoms with Crippen molar-refractivity contribution in [1.82, 2.24) is 0 Å². The molecule has 4 N–H and O–H groups in total. The van der Waals surface area contributed by atoms with Gasteiger partial charge in [-0.2, -0.15) is 0 Å². The van der Waals surface area contributed by atoms with Crippen LogP contribution in [-0.2, 0) is 22.7 Å². The van der Waals surface area contributed by atoms with Gasteiger partial charge in [-0.05, 0) is 138 Å². The lowest BCUT2D eigenvalue weighted by molar-refractivity contribution is 0.121. The average Bonchev–Trinajstić information content (AvgIpc) is 0.806. The van der Waals surface area contributed by atoms with Crippen molar-refractivity contribution in [3.05, 3.63) is 223 Å². The molecule has 0 aromatic heterocycles. The van der Waals surface area contributed by atoms with E-state index in [0.29, 0.717) is 17.4 Å². The number of hydrogen-bond acceptors (Lipinski definition) is 8. The first-order valence-corrected chi connectivity index (χ1v) is 33.7. The molecule has 7 aromatic carbocycles. The highest BCUT2D eigenvalue weighted by molar-refractivity contribution is 5.59. The quantitative estimate of drug-likeness (QED) is 0.0301. The van der Waals surface area contributed by atoms with Crippen LogP contribution in [0, 0.1) is 5.92 Å². The number of benzene rings is 7. The number of aliphatic hydroxyl groups is 4. The summed E-state index contributed by atoms with van der Waals surface area (Å²) in [6.45, 7) is 37.5. The van der Waals surface area contributed by atoms with Crippen molar-refractivity contribution in [2.45, 2.75) is 227 Å². The topological polar surface area (TPSA) is 118 Å². The van der Waals surface area contributed by atoms with Gasteiger partial charge in [0.15, 0.2) is 0 Å². The number of ether oxygens (including phenoxy) is 4. The smallest absolute Gasteiger partial charge is 0.127 e. The second kappa shape index (κ2) is 31.7. The van der Waals surface area contributed by atoms with Gasteiger partial charge in [0.1, 0.15) is 49.4 Å². The van der Waals surface area contributed by atoms with E-state index >= 15 is 0 Å². The van der Waals surface area contributed by atoms with Gasteiger partial charge in [-0.15, -0.1) is 0 Å². The van der Waals surface area contributed by atoms with E-state index in [1.807, 2.05) is 24.3 Å². The first-order chi connectivity index (χ1) is 42.6. The van der Waals surface area contributed by atoms with E-state index in [0.717, 1.165) is 92.8 Å². The van der Waals surface area contributed by atoms with Crippen molar-refractivity contribution in [1.29, 1.82) is 0 Å². The Morgan fingerprint density at radius 3 is 1.13 bits per heavy atom. The molecule has 7 rings (SSSR count). The molecular weight excluding hydrogens is 1110 g/mol. The summed E-state index contributed by atoms with van der Waals surface area (Å²) in [6.07, 6.45) is 5.50. The van der Waals surface area contributed by atoms with Gasteiger partial charge in [-0.25, -0.2) is 0 Å². The number of aryl methyl sites for hydroxylation is 1. The minimum atomic E-state index is -0.702. The van der Waals surface area contributed by atoms with Crippen LogP contribution >= 0.6 is 0 Å². The summed E-state index contributed by atoms with van der Waals surface area (Å²) >= 11 is 0. The summed E-state index contributed by atoms with van der Waals surface area (Å²) in [6, 6.07) is 53.2. The first kappa shape index (κ1) is 71.0. The Balaban J connectivity index is 1.41. The summed E-state index contributed by atoms with van der Waals surface area (Å²) in [4.78, 5) is 0. The van der Waals surface area contributed by atoms with Crippen molar-refractivity contribution in [3.8, 4) is 23.0 Å². The Hall–Kier alpha value is -6.42. The highest BCUT2D eigenvalue weighted by Gasteiger charge is 2.33. The Morgan fingerprint density at radius 1 is 0.378 bits per heavy atom. The third-order valence-electron chi connectivity index (χ3n) is 19.3. The molecular formula is C82H110O8. The van der Waals surface area contributed by atoms with Crippen molar-refractivity contribution < 1.29 is 39.4 Å². The molecule has 0 aliphatic rings. The molecule has 9 unspecified atom stereocenters. The first-order valence-electron chi connectivity index (χ1n) is 33.7. The fourth-order valence-electron chi connectivity index (χ4n) is 12.4. The van der Waals surface area contributed by atoms with Crippen LogP contribution in [0.2, 0.25) is 0 Å². The molecule has 0 spiro atoms. The van der Waals surface area contributed by atoms with E-state index in [2.05, 4.69) is 211 Å². The summed E-state index contributed by atoms with van der Waals surface area (Å²) < 4.78 is 25.8. The second-order valence-corrected chi connectivity index (χ2v) is 28.2. The van der Waals surface area contributed by atoms with Gasteiger partial charge < -0.3 is 39.4 Å². The molecule has 0 saturated carbocycles. The van der Waals surface area contributed by atoms with E-state index in [4.69, 9.17) is 18.9 Å². The lowest BCUT2D eigenvalue weighted by Gasteiger charge is -2.32. The van der Waals surface area contributed by atoms with Crippen molar-refractivity contribution in [3.63, 3.8) is 0 Å². The SMILES string of the molecule is CCCCCC(C)(C)c1ccc(C(C)c2cc(C(C)(C)c3ccc(OCC(C)O)cc3)cc(C(C)c3cccc(C(C)c4cc(C(C)(C)c5ccc(OCC(C)O)cc5)cc(C(C)c5cccc(CCC(C)CC)c5)c4OCC(C)O)c3)c2OCC(C)O)cc1. The Labute approximate surface area is 542 Å². The Morgan fingerprint density at radius 2 is 0.744 bits per heavy atom. The van der Waals surface area contributed by atoms with E-state index in [1.165, 1.54) is 41.5 Å². The summed E-state index contributed by atoms with van der Waals surface area (Å²) in [5.74, 6) is 3.17. The molecule has 0 saturated heterocycles. The van der Waals surface area contributed by atoms with Gasteiger partial charge in [0.25, 0.3) is 0 Å². The molecule has 90 heavy (non-hydrogen) atoms. The highest BCUT2D eigenvalue weighted by atomic mass is 16.5. The van der Waals surface area contributed by atoms with E-state index in [1.54, 1.807) is 27.7 Å². The largest absolute Gasteiger partial charge is 0.491 e. The van der Waals surface area contributed by atoms with Crippen LogP contribution < -0.4 is 18.9 Å². The molecule has 0 fully saturated rings. The molecule has 8 heteroatoms. The molecule has 0 aliphatic heterocycles. The Bertz CT molecular complexity index is 3350. The minimum Gasteiger partial charge on any atom is -0.491 e. The maximum Gasteiger partial charge on any atom is 0.127 e. The molecule has 0 heterocycles. The molecule has 0 aliphatic carbocycles. The van der Waals surface area contributed by atoms with Gasteiger partial charge >= 0.3 is 0 Å². The van der Waals surface area contributed by atoms with Crippen LogP contribution in [0.1, 0.15) is 258 Å². The van der Waals surface area contributed by atoms with Crippen LogP contribution in [0.5, 0.6) is 23.0 Å². The van der Waals surface area contributed by atoms with Crippen LogP contribution in [-0.4, -0.2) is 71.3 Å². The van der Waals surface area contributed by atoms with E-state index in [9.17, 15) is 20.4 Å². The van der Waals surface area contributed by atoms with E-state index < -0.39 is 35.2 Å². The number of hydrogen-bond donors (Lipinski definition) is 4. The van der Waals surface area contributed by atoms with Crippen LogP contribution in [0.15, 0.2) is 146 Å². The lowest BCUT2D eigenvalue weighted by Crippen LogP contribution is -2.22. The third-order valence-corrected chi connectivity index (χ3v) is 19.3. The fourth-order valence-corrected chi connectivity index (χ4v) is 12.4. The van der Waals surface area contributed by atoms with Gasteiger partial charge in [0, 0.05) is 56.8 Å².